The second-order valence-corrected chi connectivity index (χ2v) is 8.33. The van der Waals surface area contributed by atoms with Crippen LogP contribution in [0.3, 0.4) is 0 Å². The maximum absolute atomic E-state index is 12.6. The Kier molecular flexibility index (Phi) is 5.11. The molecule has 2 aromatic carbocycles. The van der Waals surface area contributed by atoms with Crippen molar-refractivity contribution in [3.63, 3.8) is 0 Å². The van der Waals surface area contributed by atoms with Crippen molar-refractivity contribution < 1.29 is 4.79 Å². The Hall–Kier alpha value is -3.32. The summed E-state index contributed by atoms with van der Waals surface area (Å²) in [4.78, 5) is 17.2. The molecule has 0 bridgehead atoms. The number of rotatable bonds is 5. The van der Waals surface area contributed by atoms with Crippen LogP contribution in [0, 0.1) is 0 Å². The number of hydrogen-bond donors (Lipinski definition) is 1. The summed E-state index contributed by atoms with van der Waals surface area (Å²) < 4.78 is 1.66. The molecule has 4 aromatic rings. The fourth-order valence-corrected chi connectivity index (χ4v) is 4.48. The van der Waals surface area contributed by atoms with E-state index in [1.54, 1.807) is 10.9 Å². The van der Waals surface area contributed by atoms with Crippen LogP contribution in [0.4, 0.5) is 5.13 Å². The number of benzene rings is 2. The van der Waals surface area contributed by atoms with E-state index in [1.165, 1.54) is 41.7 Å². The van der Waals surface area contributed by atoms with Crippen LogP contribution in [-0.4, -0.2) is 25.9 Å². The number of aryl methyl sites for hydroxylation is 2. The van der Waals surface area contributed by atoms with E-state index in [-0.39, 0.29) is 11.6 Å². The van der Waals surface area contributed by atoms with Crippen molar-refractivity contribution in [3.8, 4) is 11.3 Å². The van der Waals surface area contributed by atoms with Gasteiger partial charge >= 0.3 is 0 Å². The Labute approximate surface area is 178 Å². The lowest BCUT2D eigenvalue weighted by atomic mass is 9.90. The molecule has 0 radical (unpaired) electrons. The van der Waals surface area contributed by atoms with Crippen molar-refractivity contribution in [1.82, 2.24) is 20.0 Å². The number of aromatic nitrogens is 4. The first-order chi connectivity index (χ1) is 14.7. The third kappa shape index (κ3) is 4.02. The maximum atomic E-state index is 12.6. The van der Waals surface area contributed by atoms with Crippen LogP contribution in [0.25, 0.3) is 11.3 Å². The molecule has 7 heteroatoms. The Morgan fingerprint density at radius 1 is 1.07 bits per heavy atom. The van der Waals surface area contributed by atoms with Gasteiger partial charge in [0.2, 0.25) is 0 Å². The number of amides is 1. The molecule has 6 nitrogen and oxygen atoms in total. The average molecular weight is 416 g/mol. The molecule has 0 saturated heterocycles. The van der Waals surface area contributed by atoms with Crippen LogP contribution in [0.2, 0.25) is 0 Å². The van der Waals surface area contributed by atoms with E-state index in [2.05, 4.69) is 38.8 Å². The van der Waals surface area contributed by atoms with Gasteiger partial charge in [-0.2, -0.15) is 0 Å². The van der Waals surface area contributed by atoms with Crippen LogP contribution in [-0.2, 0) is 19.4 Å². The largest absolute Gasteiger partial charge is 0.296 e. The Bertz CT molecular complexity index is 1180. The summed E-state index contributed by atoms with van der Waals surface area (Å²) in [6.07, 6.45) is 6.48. The van der Waals surface area contributed by atoms with E-state index in [9.17, 15) is 4.79 Å². The molecule has 1 N–H and O–H groups in total. The van der Waals surface area contributed by atoms with E-state index in [4.69, 9.17) is 0 Å². The molecule has 5 rings (SSSR count). The van der Waals surface area contributed by atoms with Gasteiger partial charge in [-0.05, 0) is 48.4 Å². The van der Waals surface area contributed by atoms with Gasteiger partial charge in [0, 0.05) is 10.9 Å². The summed E-state index contributed by atoms with van der Waals surface area (Å²) >= 11 is 1.42. The number of thiazole rings is 1. The first kappa shape index (κ1) is 18.7. The fraction of sp³-hybridized carbons (Fsp3) is 0.217. The fourth-order valence-electron chi connectivity index (χ4n) is 3.77. The minimum atomic E-state index is -0.305. The predicted molar refractivity (Wildman–Crippen MR) is 118 cm³/mol. The van der Waals surface area contributed by atoms with Gasteiger partial charge in [-0.1, -0.05) is 47.7 Å². The highest BCUT2D eigenvalue weighted by molar-refractivity contribution is 7.14. The van der Waals surface area contributed by atoms with Crippen molar-refractivity contribution in [2.24, 2.45) is 0 Å². The Balaban J connectivity index is 1.27. The third-order valence-corrected chi connectivity index (χ3v) is 6.09. The first-order valence-corrected chi connectivity index (χ1v) is 11.0. The van der Waals surface area contributed by atoms with Gasteiger partial charge in [0.25, 0.3) is 5.91 Å². The van der Waals surface area contributed by atoms with Crippen LogP contribution in [0.5, 0.6) is 0 Å². The van der Waals surface area contributed by atoms with Gasteiger partial charge in [0.1, 0.15) is 0 Å². The smallest absolute Gasteiger partial charge is 0.279 e. The van der Waals surface area contributed by atoms with E-state index < -0.39 is 0 Å². The Morgan fingerprint density at radius 2 is 1.90 bits per heavy atom. The van der Waals surface area contributed by atoms with Gasteiger partial charge in [-0.3, -0.25) is 10.1 Å². The molecule has 2 heterocycles. The lowest BCUT2D eigenvalue weighted by Gasteiger charge is -2.16. The first-order valence-electron chi connectivity index (χ1n) is 10.1. The summed E-state index contributed by atoms with van der Waals surface area (Å²) in [6, 6.07) is 16.5. The summed E-state index contributed by atoms with van der Waals surface area (Å²) in [5.74, 6) is -0.305. The van der Waals surface area contributed by atoms with Crippen molar-refractivity contribution in [2.75, 3.05) is 5.32 Å². The van der Waals surface area contributed by atoms with Gasteiger partial charge in [0.15, 0.2) is 10.8 Å². The summed E-state index contributed by atoms with van der Waals surface area (Å²) in [7, 11) is 0. The second kappa shape index (κ2) is 8.20. The molecule has 0 aliphatic heterocycles. The quantitative estimate of drug-likeness (QED) is 0.518. The van der Waals surface area contributed by atoms with Gasteiger partial charge in [0.05, 0.1) is 18.4 Å². The molecule has 30 heavy (non-hydrogen) atoms. The van der Waals surface area contributed by atoms with Crippen molar-refractivity contribution in [3.05, 3.63) is 82.5 Å². The number of fused-ring (bicyclic) bond motifs is 1. The number of nitrogens with one attached hydrogen (secondary N) is 1. The number of hydrogen-bond acceptors (Lipinski definition) is 5. The lowest BCUT2D eigenvalue weighted by molar-refractivity contribution is 0.102. The highest BCUT2D eigenvalue weighted by atomic mass is 32.1. The molecule has 0 spiro atoms. The lowest BCUT2D eigenvalue weighted by Crippen LogP contribution is -2.12. The number of carbonyl (C=O) groups is 1. The summed E-state index contributed by atoms with van der Waals surface area (Å²) in [5.41, 5.74) is 6.23. The van der Waals surface area contributed by atoms with Gasteiger partial charge in [-0.15, -0.1) is 16.4 Å². The van der Waals surface area contributed by atoms with E-state index in [0.29, 0.717) is 11.7 Å². The topological polar surface area (TPSA) is 72.7 Å². The number of nitrogens with zero attached hydrogens (tertiary/aromatic N) is 4. The zero-order valence-electron chi connectivity index (χ0n) is 16.4. The standard InChI is InChI=1S/C23H21N5OS/c29-22(20-14-28(27-26-20)13-16-6-2-1-3-7-16)25-23-24-21(15-30-23)19-11-10-17-8-4-5-9-18(17)12-19/h1-3,6-7,10-12,14-15H,4-5,8-9,13H2,(H,24,25,29). The minimum Gasteiger partial charge on any atom is -0.296 e. The zero-order chi connectivity index (χ0) is 20.3. The highest BCUT2D eigenvalue weighted by Gasteiger charge is 2.15. The molecule has 0 atom stereocenters. The molecule has 2 aromatic heterocycles. The van der Waals surface area contributed by atoms with E-state index >= 15 is 0 Å². The molecule has 150 valence electrons. The summed E-state index contributed by atoms with van der Waals surface area (Å²) in [5, 5.41) is 13.4. The van der Waals surface area contributed by atoms with E-state index in [1.807, 2.05) is 35.7 Å². The molecular formula is C23H21N5OS. The summed E-state index contributed by atoms with van der Waals surface area (Å²) in [6.45, 7) is 0.570. The minimum absolute atomic E-state index is 0.275. The van der Waals surface area contributed by atoms with Gasteiger partial charge in [-0.25, -0.2) is 9.67 Å². The molecule has 0 unspecified atom stereocenters. The van der Waals surface area contributed by atoms with Crippen molar-refractivity contribution in [2.45, 2.75) is 32.2 Å². The second-order valence-electron chi connectivity index (χ2n) is 7.47. The molecular weight excluding hydrogens is 394 g/mol. The van der Waals surface area contributed by atoms with Gasteiger partial charge < -0.3 is 0 Å². The number of carbonyl (C=O) groups excluding carboxylic acids is 1. The average Bonchev–Trinajstić information content (AvgIpc) is 3.44. The normalized spacial score (nSPS) is 13.1. The molecule has 0 fully saturated rings. The van der Waals surface area contributed by atoms with Crippen LogP contribution >= 0.6 is 11.3 Å². The number of anilines is 1. The molecule has 0 saturated carbocycles. The monoisotopic (exact) mass is 415 g/mol. The van der Waals surface area contributed by atoms with Crippen LogP contribution in [0.15, 0.2) is 60.1 Å². The SMILES string of the molecule is O=C(Nc1nc(-c2ccc3c(c2)CCCC3)cs1)c1cn(Cc2ccccc2)nn1. The highest BCUT2D eigenvalue weighted by Crippen LogP contribution is 2.29. The van der Waals surface area contributed by atoms with Crippen molar-refractivity contribution in [1.29, 1.82) is 0 Å². The Morgan fingerprint density at radius 3 is 2.77 bits per heavy atom. The molecule has 1 amide bonds. The zero-order valence-corrected chi connectivity index (χ0v) is 17.2. The molecule has 1 aliphatic rings. The van der Waals surface area contributed by atoms with Crippen molar-refractivity contribution >= 4 is 22.4 Å². The predicted octanol–water partition coefficient (Wildman–Crippen LogP) is 4.58. The van der Waals surface area contributed by atoms with Crippen LogP contribution in [0.1, 0.15) is 40.0 Å². The maximum Gasteiger partial charge on any atom is 0.279 e. The molecule has 1 aliphatic carbocycles. The van der Waals surface area contributed by atoms with Crippen LogP contribution < -0.4 is 5.32 Å². The van der Waals surface area contributed by atoms with E-state index in [0.717, 1.165) is 23.2 Å². The third-order valence-electron chi connectivity index (χ3n) is 5.33.